The van der Waals surface area contributed by atoms with Crippen molar-refractivity contribution in [2.45, 2.75) is 6.42 Å². The van der Waals surface area contributed by atoms with Gasteiger partial charge in [-0.1, -0.05) is 6.08 Å². The predicted molar refractivity (Wildman–Crippen MR) is 52.5 cm³/mol. The lowest BCUT2D eigenvalue weighted by Gasteiger charge is -2.08. The number of nitrogens with zero attached hydrogens (tertiary/aromatic N) is 2. The highest BCUT2D eigenvalue weighted by Crippen LogP contribution is 2.03. The maximum Gasteiger partial charge on any atom is 0.314 e. The van der Waals surface area contributed by atoms with Crippen LogP contribution in [0.3, 0.4) is 0 Å². The van der Waals surface area contributed by atoms with Crippen molar-refractivity contribution in [3.63, 3.8) is 0 Å². The molecule has 0 bridgehead atoms. The maximum atomic E-state index is 11.1. The lowest BCUT2D eigenvalue weighted by atomic mass is 10.1. The van der Waals surface area contributed by atoms with E-state index in [1.807, 2.05) is 0 Å². The Labute approximate surface area is 78.9 Å². The molecule has 0 aliphatic rings. The summed E-state index contributed by atoms with van der Waals surface area (Å²) in [7, 11) is 4.94. The zero-order valence-corrected chi connectivity index (χ0v) is 8.36. The highest BCUT2D eigenvalue weighted by molar-refractivity contribution is 5.89. The Hall–Kier alpha value is -1.32. The molecule has 4 nitrogen and oxygen atoms in total. The van der Waals surface area contributed by atoms with Gasteiger partial charge in [-0.15, -0.1) is 6.58 Å². The molecule has 0 saturated heterocycles. The number of carbonyl (C=O) groups is 1. The van der Waals surface area contributed by atoms with Gasteiger partial charge in [0.1, 0.15) is 0 Å². The Morgan fingerprint density at radius 2 is 2.31 bits per heavy atom. The first kappa shape index (κ1) is 11.7. The summed E-state index contributed by atoms with van der Waals surface area (Å²) in [5.74, 6) is -0.615. The van der Waals surface area contributed by atoms with Crippen LogP contribution in [0.15, 0.2) is 17.8 Å². The van der Waals surface area contributed by atoms with E-state index in [-0.39, 0.29) is 11.9 Å². The molecule has 4 heteroatoms. The Morgan fingerprint density at radius 3 is 2.69 bits per heavy atom. The first-order chi connectivity index (χ1) is 6.11. The second kappa shape index (κ2) is 6.22. The van der Waals surface area contributed by atoms with E-state index in [9.17, 15) is 4.79 Å². The van der Waals surface area contributed by atoms with E-state index in [0.717, 1.165) is 0 Å². The number of carbonyl (C=O) groups excluding carboxylic acids is 1. The molecule has 74 valence electrons. The summed E-state index contributed by atoms with van der Waals surface area (Å²) in [6.07, 6.45) is 3.78. The molecule has 0 aromatic carbocycles. The third-order valence-corrected chi connectivity index (χ3v) is 1.40. The normalized spacial score (nSPS) is 12.5. The van der Waals surface area contributed by atoms with Gasteiger partial charge in [-0.2, -0.15) is 5.10 Å². The van der Waals surface area contributed by atoms with Crippen molar-refractivity contribution in [3.8, 4) is 0 Å². The lowest BCUT2D eigenvalue weighted by molar-refractivity contribution is -0.142. The van der Waals surface area contributed by atoms with Crippen LogP contribution in [-0.2, 0) is 9.53 Å². The van der Waals surface area contributed by atoms with Crippen LogP contribution in [0.5, 0.6) is 0 Å². The van der Waals surface area contributed by atoms with Gasteiger partial charge in [0.2, 0.25) is 0 Å². The smallest absolute Gasteiger partial charge is 0.314 e. The third kappa shape index (κ3) is 5.00. The van der Waals surface area contributed by atoms with Gasteiger partial charge in [0.05, 0.1) is 13.0 Å². The fourth-order valence-corrected chi connectivity index (χ4v) is 0.763. The minimum Gasteiger partial charge on any atom is -0.469 e. The van der Waals surface area contributed by atoms with Gasteiger partial charge in [0.15, 0.2) is 0 Å². The van der Waals surface area contributed by atoms with Gasteiger partial charge in [-0.05, 0) is 6.42 Å². The Balaban J connectivity index is 4.24. The Morgan fingerprint density at radius 1 is 1.69 bits per heavy atom. The maximum absolute atomic E-state index is 11.1. The van der Waals surface area contributed by atoms with E-state index in [1.165, 1.54) is 7.11 Å². The molecule has 0 radical (unpaired) electrons. The van der Waals surface area contributed by atoms with Crippen molar-refractivity contribution < 1.29 is 9.53 Å². The second-order valence-electron chi connectivity index (χ2n) is 2.77. The fourth-order valence-electron chi connectivity index (χ4n) is 0.763. The van der Waals surface area contributed by atoms with Crippen LogP contribution in [0.4, 0.5) is 0 Å². The van der Waals surface area contributed by atoms with Crippen LogP contribution in [0.2, 0.25) is 0 Å². The Kier molecular flexibility index (Phi) is 5.59. The number of methoxy groups -OCH3 is 1. The van der Waals surface area contributed by atoms with Crippen molar-refractivity contribution in [3.05, 3.63) is 12.7 Å². The average Bonchev–Trinajstić information content (AvgIpc) is 2.10. The number of rotatable bonds is 5. The molecule has 1 unspecified atom stereocenters. The van der Waals surface area contributed by atoms with Crippen LogP contribution in [0.1, 0.15) is 6.42 Å². The number of hydrazone groups is 1. The predicted octanol–water partition coefficient (Wildman–Crippen LogP) is 0.899. The van der Waals surface area contributed by atoms with Gasteiger partial charge in [-0.3, -0.25) is 4.79 Å². The molecule has 0 aromatic heterocycles. The summed E-state index contributed by atoms with van der Waals surface area (Å²) in [6, 6.07) is 0. The first-order valence-corrected chi connectivity index (χ1v) is 4.02. The van der Waals surface area contributed by atoms with Crippen molar-refractivity contribution >= 4 is 12.2 Å². The molecule has 13 heavy (non-hydrogen) atoms. The quantitative estimate of drug-likeness (QED) is 0.276. The van der Waals surface area contributed by atoms with Crippen molar-refractivity contribution in [2.75, 3.05) is 21.2 Å². The topological polar surface area (TPSA) is 41.9 Å². The van der Waals surface area contributed by atoms with Crippen molar-refractivity contribution in [2.24, 2.45) is 11.0 Å². The minimum absolute atomic E-state index is 0.287. The number of allylic oxidation sites excluding steroid dienone is 1. The summed E-state index contributed by atoms with van der Waals surface area (Å²) in [6.45, 7) is 3.56. The van der Waals surface area contributed by atoms with E-state index in [1.54, 1.807) is 31.4 Å². The molecule has 0 aliphatic carbocycles. The van der Waals surface area contributed by atoms with Crippen LogP contribution in [0, 0.1) is 5.92 Å². The summed E-state index contributed by atoms with van der Waals surface area (Å²) >= 11 is 0. The Bertz CT molecular complexity index is 200. The van der Waals surface area contributed by atoms with Crippen LogP contribution in [-0.4, -0.2) is 38.4 Å². The molecule has 0 spiro atoms. The number of esters is 1. The van der Waals surface area contributed by atoms with Crippen molar-refractivity contribution in [1.82, 2.24) is 5.01 Å². The summed E-state index contributed by atoms with van der Waals surface area (Å²) in [4.78, 5) is 11.1. The van der Waals surface area contributed by atoms with Gasteiger partial charge in [-0.25, -0.2) is 0 Å². The highest BCUT2D eigenvalue weighted by Gasteiger charge is 2.14. The zero-order chi connectivity index (χ0) is 10.3. The van der Waals surface area contributed by atoms with Gasteiger partial charge in [0, 0.05) is 20.3 Å². The molecule has 0 fully saturated rings. The number of ether oxygens (including phenoxy) is 1. The SMILES string of the molecule is C=CCC(/C=N/N(C)C)C(=O)OC. The molecule has 0 aliphatic heterocycles. The molecular formula is C9H16N2O2. The molecular weight excluding hydrogens is 168 g/mol. The lowest BCUT2D eigenvalue weighted by Crippen LogP contribution is -2.18. The van der Waals surface area contributed by atoms with Gasteiger partial charge < -0.3 is 9.75 Å². The van der Waals surface area contributed by atoms with E-state index < -0.39 is 0 Å². The zero-order valence-electron chi connectivity index (χ0n) is 8.36. The molecule has 0 saturated carbocycles. The summed E-state index contributed by atoms with van der Waals surface area (Å²) < 4.78 is 4.60. The fraction of sp³-hybridized carbons (Fsp3) is 0.556. The van der Waals surface area contributed by atoms with E-state index in [4.69, 9.17) is 0 Å². The summed E-state index contributed by atoms with van der Waals surface area (Å²) in [5, 5.41) is 5.60. The molecule has 0 amide bonds. The molecule has 0 heterocycles. The highest BCUT2D eigenvalue weighted by atomic mass is 16.5. The number of hydrogen-bond acceptors (Lipinski definition) is 4. The molecule has 1 atom stereocenters. The van der Waals surface area contributed by atoms with Gasteiger partial charge >= 0.3 is 5.97 Å². The third-order valence-electron chi connectivity index (χ3n) is 1.40. The van der Waals surface area contributed by atoms with E-state index in [0.29, 0.717) is 6.42 Å². The standard InChI is InChI=1S/C9H16N2O2/c1-5-6-8(9(12)13-4)7-10-11(2)3/h5,7-8H,1,6H2,2-4H3/b10-7+. The van der Waals surface area contributed by atoms with Gasteiger partial charge in [0.25, 0.3) is 0 Å². The van der Waals surface area contributed by atoms with E-state index in [2.05, 4.69) is 16.4 Å². The number of hydrogen-bond donors (Lipinski definition) is 0. The first-order valence-electron chi connectivity index (χ1n) is 4.02. The minimum atomic E-state index is -0.329. The van der Waals surface area contributed by atoms with Crippen molar-refractivity contribution in [1.29, 1.82) is 0 Å². The average molecular weight is 184 g/mol. The van der Waals surface area contributed by atoms with Crippen LogP contribution in [0.25, 0.3) is 0 Å². The molecule has 0 rings (SSSR count). The largest absolute Gasteiger partial charge is 0.469 e. The molecule has 0 aromatic rings. The summed E-state index contributed by atoms with van der Waals surface area (Å²) in [5.41, 5.74) is 0. The van der Waals surface area contributed by atoms with Crippen LogP contribution >= 0.6 is 0 Å². The molecule has 0 N–H and O–H groups in total. The van der Waals surface area contributed by atoms with Crippen LogP contribution < -0.4 is 0 Å². The van der Waals surface area contributed by atoms with E-state index >= 15 is 0 Å². The second-order valence-corrected chi connectivity index (χ2v) is 2.77. The monoisotopic (exact) mass is 184 g/mol.